The zero-order valence-corrected chi connectivity index (χ0v) is 7.81. The number of aliphatic carboxylic acids is 1. The Morgan fingerprint density at radius 2 is 1.83 bits per heavy atom. The van der Waals surface area contributed by atoms with E-state index in [1.165, 1.54) is 18.4 Å². The molecule has 0 aromatic heterocycles. The summed E-state index contributed by atoms with van der Waals surface area (Å²) in [7, 11) is 0. The van der Waals surface area contributed by atoms with Crippen molar-refractivity contribution in [2.45, 2.75) is 45.4 Å². The van der Waals surface area contributed by atoms with Gasteiger partial charge < -0.3 is 5.11 Å². The number of hydrogen-bond donors (Lipinski definition) is 1. The van der Waals surface area contributed by atoms with Crippen LogP contribution in [0.25, 0.3) is 0 Å². The van der Waals surface area contributed by atoms with Gasteiger partial charge in [-0.3, -0.25) is 4.79 Å². The lowest BCUT2D eigenvalue weighted by Gasteiger charge is -2.02. The van der Waals surface area contributed by atoms with Crippen LogP contribution < -0.4 is 0 Å². The Hall–Kier alpha value is -0.790. The number of unbranched alkanes of at least 4 members (excludes halogenated alkanes) is 1. The van der Waals surface area contributed by atoms with Gasteiger partial charge in [0.2, 0.25) is 0 Å². The van der Waals surface area contributed by atoms with E-state index >= 15 is 0 Å². The predicted molar refractivity (Wildman–Crippen MR) is 50.2 cm³/mol. The Bertz CT molecular complexity index is 150. The fourth-order valence-electron chi connectivity index (χ4n) is 1.04. The average molecular weight is 170 g/mol. The summed E-state index contributed by atoms with van der Waals surface area (Å²) in [5, 5.41) is 8.37. The molecule has 0 atom stereocenters. The number of carboxylic acid groups (broad SMARTS) is 1. The summed E-state index contributed by atoms with van der Waals surface area (Å²) in [6, 6.07) is 0. The maximum Gasteiger partial charge on any atom is 0.303 e. The Morgan fingerprint density at radius 1 is 1.25 bits per heavy atom. The molecule has 0 aromatic rings. The summed E-state index contributed by atoms with van der Waals surface area (Å²) >= 11 is 0. The summed E-state index contributed by atoms with van der Waals surface area (Å²) < 4.78 is 0. The minimum absolute atomic E-state index is 0.269. The molecule has 1 N–H and O–H groups in total. The molecule has 0 spiro atoms. The lowest BCUT2D eigenvalue weighted by molar-refractivity contribution is -0.137. The number of carbonyl (C=O) groups is 1. The van der Waals surface area contributed by atoms with Crippen molar-refractivity contribution in [1.82, 2.24) is 0 Å². The van der Waals surface area contributed by atoms with E-state index in [1.54, 1.807) is 0 Å². The number of allylic oxidation sites excluding steroid dienone is 1. The van der Waals surface area contributed by atoms with Gasteiger partial charge >= 0.3 is 5.97 Å². The molecule has 0 unspecified atom stereocenters. The second-order valence-electron chi connectivity index (χ2n) is 3.10. The van der Waals surface area contributed by atoms with Crippen molar-refractivity contribution in [1.29, 1.82) is 0 Å². The fraction of sp³-hybridized carbons (Fsp3) is 0.700. The third-order valence-electron chi connectivity index (χ3n) is 1.80. The molecule has 0 aromatic carbocycles. The Kier molecular flexibility index (Phi) is 6.44. The van der Waals surface area contributed by atoms with Crippen molar-refractivity contribution >= 4 is 5.97 Å². The van der Waals surface area contributed by atoms with E-state index < -0.39 is 5.97 Å². The number of carboxylic acids is 1. The van der Waals surface area contributed by atoms with Crippen LogP contribution in [0.15, 0.2) is 12.2 Å². The third kappa shape index (κ3) is 7.32. The molecule has 0 bridgehead atoms. The Morgan fingerprint density at radius 3 is 2.33 bits per heavy atom. The lowest BCUT2D eigenvalue weighted by Crippen LogP contribution is -1.94. The van der Waals surface area contributed by atoms with E-state index in [0.29, 0.717) is 0 Å². The van der Waals surface area contributed by atoms with E-state index in [9.17, 15) is 4.79 Å². The third-order valence-corrected chi connectivity index (χ3v) is 1.80. The zero-order chi connectivity index (χ0) is 9.40. The Labute approximate surface area is 74.3 Å². The van der Waals surface area contributed by atoms with Gasteiger partial charge in [-0.25, -0.2) is 0 Å². The van der Waals surface area contributed by atoms with Crippen molar-refractivity contribution in [2.24, 2.45) is 0 Å². The molecule has 2 nitrogen and oxygen atoms in total. The van der Waals surface area contributed by atoms with Gasteiger partial charge in [0.1, 0.15) is 0 Å². The first kappa shape index (κ1) is 11.2. The van der Waals surface area contributed by atoms with E-state index in [1.807, 2.05) is 0 Å². The molecule has 70 valence electrons. The highest BCUT2D eigenvalue weighted by Crippen LogP contribution is 2.12. The van der Waals surface area contributed by atoms with Crippen LogP contribution in [0.2, 0.25) is 0 Å². The van der Waals surface area contributed by atoms with E-state index in [0.717, 1.165) is 19.3 Å². The maximum absolute atomic E-state index is 10.2. The minimum atomic E-state index is -0.710. The SMILES string of the molecule is C=C(CCCC)CCCC(=O)O. The molecule has 0 radical (unpaired) electrons. The summed E-state index contributed by atoms with van der Waals surface area (Å²) in [6.45, 7) is 6.04. The second-order valence-corrected chi connectivity index (χ2v) is 3.10. The number of rotatable bonds is 7. The molecule has 0 amide bonds. The molecule has 0 saturated carbocycles. The molecule has 0 aliphatic carbocycles. The van der Waals surface area contributed by atoms with Crippen LogP contribution in [-0.4, -0.2) is 11.1 Å². The highest BCUT2D eigenvalue weighted by Gasteiger charge is 1.98. The van der Waals surface area contributed by atoms with Crippen LogP contribution in [0, 0.1) is 0 Å². The average Bonchev–Trinajstić information content (AvgIpc) is 2.00. The van der Waals surface area contributed by atoms with Crippen LogP contribution in [0.3, 0.4) is 0 Å². The van der Waals surface area contributed by atoms with E-state index in [-0.39, 0.29) is 6.42 Å². The van der Waals surface area contributed by atoms with Crippen molar-refractivity contribution in [3.8, 4) is 0 Å². The van der Waals surface area contributed by atoms with Crippen molar-refractivity contribution in [3.05, 3.63) is 12.2 Å². The van der Waals surface area contributed by atoms with Crippen molar-refractivity contribution in [3.63, 3.8) is 0 Å². The van der Waals surface area contributed by atoms with Crippen LogP contribution in [0.4, 0.5) is 0 Å². The van der Waals surface area contributed by atoms with Crippen LogP contribution in [0.1, 0.15) is 45.4 Å². The van der Waals surface area contributed by atoms with Crippen LogP contribution >= 0.6 is 0 Å². The predicted octanol–water partition coefficient (Wildman–Crippen LogP) is 2.99. The molecule has 0 aliphatic rings. The molecular formula is C10H18O2. The van der Waals surface area contributed by atoms with Gasteiger partial charge in [0.25, 0.3) is 0 Å². The molecule has 0 fully saturated rings. The second kappa shape index (κ2) is 6.89. The fourth-order valence-corrected chi connectivity index (χ4v) is 1.04. The standard InChI is InChI=1S/C10H18O2/c1-3-4-6-9(2)7-5-8-10(11)12/h2-8H2,1H3,(H,11,12). The molecular weight excluding hydrogens is 152 g/mol. The van der Waals surface area contributed by atoms with Gasteiger partial charge in [-0.2, -0.15) is 0 Å². The summed E-state index contributed by atoms with van der Waals surface area (Å²) in [5.41, 5.74) is 1.19. The first-order valence-electron chi connectivity index (χ1n) is 4.55. The highest BCUT2D eigenvalue weighted by molar-refractivity contribution is 5.66. The smallest absolute Gasteiger partial charge is 0.303 e. The van der Waals surface area contributed by atoms with Crippen molar-refractivity contribution in [2.75, 3.05) is 0 Å². The minimum Gasteiger partial charge on any atom is -0.481 e. The molecule has 2 heteroatoms. The van der Waals surface area contributed by atoms with E-state index in [2.05, 4.69) is 13.5 Å². The summed E-state index contributed by atoms with van der Waals surface area (Å²) in [4.78, 5) is 10.2. The first-order valence-corrected chi connectivity index (χ1v) is 4.55. The zero-order valence-electron chi connectivity index (χ0n) is 7.81. The van der Waals surface area contributed by atoms with Gasteiger partial charge in [-0.05, 0) is 25.7 Å². The van der Waals surface area contributed by atoms with Crippen LogP contribution in [-0.2, 0) is 4.79 Å². The summed E-state index contributed by atoms with van der Waals surface area (Å²) in [5.74, 6) is -0.710. The monoisotopic (exact) mass is 170 g/mol. The first-order chi connectivity index (χ1) is 5.66. The quantitative estimate of drug-likeness (QED) is 0.596. The van der Waals surface area contributed by atoms with Gasteiger partial charge in [0.15, 0.2) is 0 Å². The maximum atomic E-state index is 10.2. The number of hydrogen-bond acceptors (Lipinski definition) is 1. The van der Waals surface area contributed by atoms with Gasteiger partial charge in [-0.1, -0.05) is 25.5 Å². The normalized spacial score (nSPS) is 9.75. The van der Waals surface area contributed by atoms with Gasteiger partial charge in [0, 0.05) is 6.42 Å². The molecule has 0 rings (SSSR count). The van der Waals surface area contributed by atoms with Gasteiger partial charge in [0.05, 0.1) is 0 Å². The topological polar surface area (TPSA) is 37.3 Å². The molecule has 0 saturated heterocycles. The van der Waals surface area contributed by atoms with Gasteiger partial charge in [-0.15, -0.1) is 0 Å². The van der Waals surface area contributed by atoms with Crippen molar-refractivity contribution < 1.29 is 9.90 Å². The molecule has 12 heavy (non-hydrogen) atoms. The Balaban J connectivity index is 3.25. The molecule has 0 aliphatic heterocycles. The largest absolute Gasteiger partial charge is 0.481 e. The highest BCUT2D eigenvalue weighted by atomic mass is 16.4. The lowest BCUT2D eigenvalue weighted by atomic mass is 10.0. The van der Waals surface area contributed by atoms with E-state index in [4.69, 9.17) is 5.11 Å². The summed E-state index contributed by atoms with van der Waals surface area (Å²) in [6.07, 6.45) is 5.27. The van der Waals surface area contributed by atoms with Crippen LogP contribution in [0.5, 0.6) is 0 Å². The molecule has 0 heterocycles.